The van der Waals surface area contributed by atoms with Gasteiger partial charge >= 0.3 is 0 Å². The quantitative estimate of drug-likeness (QED) is 0.649. The molecule has 2 aromatic heterocycles. The second-order valence-electron chi connectivity index (χ2n) is 6.19. The molecule has 0 saturated carbocycles. The molecule has 0 spiro atoms. The number of nitrogens with one attached hydrogen (secondary N) is 1. The van der Waals surface area contributed by atoms with Gasteiger partial charge in [0, 0.05) is 26.0 Å². The number of likely N-dealkylation sites (N-methyl/N-ethyl adjacent to an activating group) is 1. The maximum atomic E-state index is 12.5. The summed E-state index contributed by atoms with van der Waals surface area (Å²) < 4.78 is 5.53. The molecule has 0 unspecified atom stereocenters. The fourth-order valence-electron chi connectivity index (χ4n) is 2.65. The highest BCUT2D eigenvalue weighted by Crippen LogP contribution is 2.24. The second-order valence-corrected chi connectivity index (χ2v) is 6.19. The van der Waals surface area contributed by atoms with E-state index < -0.39 is 0 Å². The number of rotatable bonds is 8. The van der Waals surface area contributed by atoms with Gasteiger partial charge in [0.2, 0.25) is 0 Å². The number of ether oxygens (including phenoxy) is 1. The van der Waals surface area contributed by atoms with Crippen LogP contribution in [0.4, 0.5) is 11.5 Å². The fraction of sp³-hybridized carbons (Fsp3) is 0.238. The molecule has 2 heterocycles. The van der Waals surface area contributed by atoms with Crippen molar-refractivity contribution in [1.29, 1.82) is 0 Å². The van der Waals surface area contributed by atoms with E-state index in [4.69, 9.17) is 4.74 Å². The van der Waals surface area contributed by atoms with E-state index in [1.165, 1.54) is 5.56 Å². The van der Waals surface area contributed by atoms with Crippen LogP contribution >= 0.6 is 0 Å². The van der Waals surface area contributed by atoms with Crippen LogP contribution in [0.5, 0.6) is 5.75 Å². The zero-order valence-corrected chi connectivity index (χ0v) is 16.0. The van der Waals surface area contributed by atoms with Crippen molar-refractivity contribution in [2.24, 2.45) is 0 Å². The average Bonchev–Trinajstić information content (AvgIpc) is 2.74. The number of nitrogens with zero attached hydrogens (tertiary/aromatic N) is 4. The minimum absolute atomic E-state index is 0.248. The second kappa shape index (κ2) is 9.45. The first-order valence-electron chi connectivity index (χ1n) is 9.14. The molecule has 0 radical (unpaired) electrons. The number of hydrogen-bond acceptors (Lipinski definition) is 6. The van der Waals surface area contributed by atoms with Crippen molar-refractivity contribution in [2.45, 2.75) is 13.3 Å². The van der Waals surface area contributed by atoms with Gasteiger partial charge in [0.05, 0.1) is 12.3 Å². The Hall–Kier alpha value is -3.48. The first kappa shape index (κ1) is 19.3. The standard InChI is InChI=1S/C21H23N5O2/c1-3-28-19-7-5-4-6-17(19)23-21(27)18-8-9-20(25-24-18)26(2)15-12-16-10-13-22-14-11-16/h4-11,13-14H,3,12,15H2,1-2H3,(H,23,27). The lowest BCUT2D eigenvalue weighted by atomic mass is 10.2. The molecular formula is C21H23N5O2. The van der Waals surface area contributed by atoms with Crippen LogP contribution in [0.15, 0.2) is 60.9 Å². The summed E-state index contributed by atoms with van der Waals surface area (Å²) in [5.74, 6) is 1.00. The van der Waals surface area contributed by atoms with Gasteiger partial charge in [0.25, 0.3) is 5.91 Å². The van der Waals surface area contributed by atoms with E-state index in [2.05, 4.69) is 20.5 Å². The van der Waals surface area contributed by atoms with Gasteiger partial charge in [-0.05, 0) is 55.3 Å². The first-order chi connectivity index (χ1) is 13.7. The molecule has 0 bridgehead atoms. The van der Waals surface area contributed by atoms with Crippen LogP contribution in [0, 0.1) is 0 Å². The summed E-state index contributed by atoms with van der Waals surface area (Å²) in [6, 6.07) is 14.7. The van der Waals surface area contributed by atoms with E-state index in [1.807, 2.05) is 49.2 Å². The maximum Gasteiger partial charge on any atom is 0.276 e. The summed E-state index contributed by atoms with van der Waals surface area (Å²) in [4.78, 5) is 18.5. The zero-order valence-electron chi connectivity index (χ0n) is 16.0. The monoisotopic (exact) mass is 377 g/mol. The molecule has 0 aliphatic carbocycles. The summed E-state index contributed by atoms with van der Waals surface area (Å²) in [6.07, 6.45) is 4.44. The highest BCUT2D eigenvalue weighted by molar-refractivity contribution is 6.03. The molecule has 3 rings (SSSR count). The summed E-state index contributed by atoms with van der Waals surface area (Å²) in [6.45, 7) is 3.20. The van der Waals surface area contributed by atoms with Gasteiger partial charge in [0.1, 0.15) is 5.75 Å². The van der Waals surface area contributed by atoms with Gasteiger partial charge in [-0.1, -0.05) is 12.1 Å². The number of hydrogen-bond donors (Lipinski definition) is 1. The minimum atomic E-state index is -0.328. The molecule has 0 fully saturated rings. The largest absolute Gasteiger partial charge is 0.492 e. The molecule has 1 aromatic carbocycles. The topological polar surface area (TPSA) is 80.2 Å². The van der Waals surface area contributed by atoms with Crippen molar-refractivity contribution in [3.63, 3.8) is 0 Å². The van der Waals surface area contributed by atoms with Crippen LogP contribution in [0.3, 0.4) is 0 Å². The lowest BCUT2D eigenvalue weighted by Crippen LogP contribution is -2.22. The lowest BCUT2D eigenvalue weighted by Gasteiger charge is -2.17. The molecule has 0 aliphatic heterocycles. The molecule has 0 atom stereocenters. The Morgan fingerprint density at radius 3 is 2.57 bits per heavy atom. The summed E-state index contributed by atoms with van der Waals surface area (Å²) in [5.41, 5.74) is 2.06. The summed E-state index contributed by atoms with van der Waals surface area (Å²) >= 11 is 0. The third-order valence-corrected chi connectivity index (χ3v) is 4.19. The van der Waals surface area contributed by atoms with E-state index >= 15 is 0 Å². The number of carbonyl (C=O) groups is 1. The lowest BCUT2D eigenvalue weighted by molar-refractivity contribution is 0.102. The Labute approximate surface area is 164 Å². The number of anilines is 2. The van der Waals surface area contributed by atoms with Crippen molar-refractivity contribution in [3.8, 4) is 5.75 Å². The van der Waals surface area contributed by atoms with Gasteiger partial charge in [-0.2, -0.15) is 0 Å². The van der Waals surface area contributed by atoms with Gasteiger partial charge in [0.15, 0.2) is 11.5 Å². The van der Waals surface area contributed by atoms with Crippen LogP contribution in [-0.2, 0) is 6.42 Å². The molecule has 0 aliphatic rings. The number of para-hydroxylation sites is 2. The van der Waals surface area contributed by atoms with Gasteiger partial charge in [-0.3, -0.25) is 9.78 Å². The van der Waals surface area contributed by atoms with Crippen LogP contribution in [-0.4, -0.2) is 41.3 Å². The third-order valence-electron chi connectivity index (χ3n) is 4.19. The first-order valence-corrected chi connectivity index (χ1v) is 9.14. The van der Waals surface area contributed by atoms with Crippen LogP contribution in [0.2, 0.25) is 0 Å². The molecule has 28 heavy (non-hydrogen) atoms. The van der Waals surface area contributed by atoms with Crippen molar-refractivity contribution in [3.05, 3.63) is 72.2 Å². The van der Waals surface area contributed by atoms with Crippen molar-refractivity contribution in [2.75, 3.05) is 30.4 Å². The van der Waals surface area contributed by atoms with E-state index in [1.54, 1.807) is 30.6 Å². The fourth-order valence-corrected chi connectivity index (χ4v) is 2.65. The highest BCUT2D eigenvalue weighted by atomic mass is 16.5. The summed E-state index contributed by atoms with van der Waals surface area (Å²) in [5, 5.41) is 11.1. The predicted octanol–water partition coefficient (Wildman–Crippen LogP) is 3.20. The van der Waals surface area contributed by atoms with E-state index in [0.29, 0.717) is 23.9 Å². The van der Waals surface area contributed by atoms with Gasteiger partial charge in [-0.15, -0.1) is 10.2 Å². The predicted molar refractivity (Wildman–Crippen MR) is 109 cm³/mol. The van der Waals surface area contributed by atoms with Crippen molar-refractivity contribution in [1.82, 2.24) is 15.2 Å². The Morgan fingerprint density at radius 1 is 1.07 bits per heavy atom. The van der Waals surface area contributed by atoms with Crippen LogP contribution in [0.25, 0.3) is 0 Å². The highest BCUT2D eigenvalue weighted by Gasteiger charge is 2.12. The Morgan fingerprint density at radius 2 is 1.86 bits per heavy atom. The molecule has 1 amide bonds. The van der Waals surface area contributed by atoms with Crippen LogP contribution < -0.4 is 15.0 Å². The molecular weight excluding hydrogens is 354 g/mol. The molecule has 7 heteroatoms. The van der Waals surface area contributed by atoms with E-state index in [9.17, 15) is 4.79 Å². The Bertz CT molecular complexity index is 900. The van der Waals surface area contributed by atoms with E-state index in [0.717, 1.165) is 13.0 Å². The molecule has 144 valence electrons. The number of amides is 1. The van der Waals surface area contributed by atoms with Gasteiger partial charge < -0.3 is 15.0 Å². The van der Waals surface area contributed by atoms with Crippen molar-refractivity contribution >= 4 is 17.4 Å². The molecule has 7 nitrogen and oxygen atoms in total. The molecule has 0 saturated heterocycles. The smallest absolute Gasteiger partial charge is 0.276 e. The van der Waals surface area contributed by atoms with Crippen LogP contribution in [0.1, 0.15) is 23.0 Å². The minimum Gasteiger partial charge on any atom is -0.492 e. The van der Waals surface area contributed by atoms with Crippen molar-refractivity contribution < 1.29 is 9.53 Å². The molecule has 1 N–H and O–H groups in total. The number of carbonyl (C=O) groups excluding carboxylic acids is 1. The zero-order chi connectivity index (χ0) is 19.8. The third kappa shape index (κ3) is 5.03. The average molecular weight is 377 g/mol. The SMILES string of the molecule is CCOc1ccccc1NC(=O)c1ccc(N(C)CCc2ccncc2)nn1. The maximum absolute atomic E-state index is 12.5. The number of aromatic nitrogens is 3. The van der Waals surface area contributed by atoms with Gasteiger partial charge in [-0.25, -0.2) is 0 Å². The normalized spacial score (nSPS) is 10.4. The molecule has 3 aromatic rings. The Kier molecular flexibility index (Phi) is 6.51. The number of pyridine rings is 1. The Balaban J connectivity index is 1.61. The number of benzene rings is 1. The van der Waals surface area contributed by atoms with E-state index in [-0.39, 0.29) is 11.6 Å². The summed E-state index contributed by atoms with van der Waals surface area (Å²) in [7, 11) is 1.95.